The molecular formula is C18H18FNO3. The van der Waals surface area contributed by atoms with Crippen molar-refractivity contribution in [2.75, 3.05) is 13.7 Å². The molecule has 1 N–H and O–H groups in total. The number of likely N-dealkylation sites (tertiary alicyclic amines) is 1. The lowest BCUT2D eigenvalue weighted by atomic mass is 10.0. The number of hydrogen-bond donors (Lipinski definition) is 1. The Hall–Kier alpha value is -2.40. The number of hydrogen-bond acceptors (Lipinski definition) is 3. The Labute approximate surface area is 134 Å². The van der Waals surface area contributed by atoms with Crippen molar-refractivity contribution in [3.63, 3.8) is 0 Å². The van der Waals surface area contributed by atoms with Crippen LogP contribution in [0.15, 0.2) is 48.5 Å². The minimum atomic E-state index is -0.594. The first-order valence-corrected chi connectivity index (χ1v) is 7.47. The van der Waals surface area contributed by atoms with E-state index in [1.807, 2.05) is 24.3 Å². The summed E-state index contributed by atoms with van der Waals surface area (Å²) >= 11 is 0. The standard InChI is InChI=1S/C18H18FNO3/c1-23-16-7-3-4-12(9-16)17-10-15(21)11-20(17)18(22)13-5-2-6-14(19)8-13/h2-9,15,17,21H,10-11H2,1H3/t15-,17-/m0/s1. The highest BCUT2D eigenvalue weighted by Gasteiger charge is 2.35. The molecule has 5 heteroatoms. The fraction of sp³-hybridized carbons (Fsp3) is 0.278. The van der Waals surface area contributed by atoms with Crippen LogP contribution >= 0.6 is 0 Å². The van der Waals surface area contributed by atoms with E-state index >= 15 is 0 Å². The van der Waals surface area contributed by atoms with Gasteiger partial charge < -0.3 is 14.7 Å². The molecule has 0 aliphatic carbocycles. The fourth-order valence-electron chi connectivity index (χ4n) is 2.99. The molecule has 2 aromatic rings. The Morgan fingerprint density at radius 2 is 2.04 bits per heavy atom. The summed E-state index contributed by atoms with van der Waals surface area (Å²) in [5.74, 6) is -0.0376. The summed E-state index contributed by atoms with van der Waals surface area (Å²) in [5.41, 5.74) is 1.18. The first kappa shape index (κ1) is 15.5. The number of aliphatic hydroxyl groups excluding tert-OH is 1. The largest absolute Gasteiger partial charge is 0.497 e. The van der Waals surface area contributed by atoms with Crippen molar-refractivity contribution in [2.45, 2.75) is 18.6 Å². The molecule has 0 unspecified atom stereocenters. The Kier molecular flexibility index (Phi) is 4.30. The number of nitrogens with zero attached hydrogens (tertiary/aromatic N) is 1. The van der Waals surface area contributed by atoms with E-state index < -0.39 is 11.9 Å². The predicted molar refractivity (Wildman–Crippen MR) is 83.8 cm³/mol. The molecular weight excluding hydrogens is 297 g/mol. The van der Waals surface area contributed by atoms with E-state index in [1.54, 1.807) is 18.1 Å². The molecule has 1 amide bonds. The lowest BCUT2D eigenvalue weighted by Gasteiger charge is -2.25. The summed E-state index contributed by atoms with van der Waals surface area (Å²) in [4.78, 5) is 14.3. The maximum absolute atomic E-state index is 13.4. The molecule has 0 saturated carbocycles. The number of amides is 1. The molecule has 2 aromatic carbocycles. The van der Waals surface area contributed by atoms with Gasteiger partial charge in [0.15, 0.2) is 0 Å². The molecule has 120 valence electrons. The molecule has 1 aliphatic heterocycles. The van der Waals surface area contributed by atoms with Gasteiger partial charge in [0.25, 0.3) is 5.91 Å². The van der Waals surface area contributed by atoms with E-state index in [4.69, 9.17) is 4.74 Å². The number of benzene rings is 2. The predicted octanol–water partition coefficient (Wildman–Crippen LogP) is 2.78. The van der Waals surface area contributed by atoms with Crippen molar-refractivity contribution < 1.29 is 19.0 Å². The Bertz CT molecular complexity index is 719. The first-order chi connectivity index (χ1) is 11.1. The molecule has 3 rings (SSSR count). The summed E-state index contributed by atoms with van der Waals surface area (Å²) in [5, 5.41) is 10.0. The van der Waals surface area contributed by atoms with Crippen LogP contribution in [0.1, 0.15) is 28.4 Å². The van der Waals surface area contributed by atoms with Crippen LogP contribution in [0.4, 0.5) is 4.39 Å². The van der Waals surface area contributed by atoms with Crippen molar-refractivity contribution in [1.82, 2.24) is 4.90 Å². The Morgan fingerprint density at radius 3 is 2.78 bits per heavy atom. The monoisotopic (exact) mass is 315 g/mol. The van der Waals surface area contributed by atoms with E-state index in [0.29, 0.717) is 12.2 Å². The van der Waals surface area contributed by atoms with Crippen LogP contribution in [-0.2, 0) is 0 Å². The van der Waals surface area contributed by atoms with Crippen molar-refractivity contribution in [3.8, 4) is 5.75 Å². The Morgan fingerprint density at radius 1 is 1.26 bits per heavy atom. The second-order valence-corrected chi connectivity index (χ2v) is 5.65. The van der Waals surface area contributed by atoms with Crippen molar-refractivity contribution >= 4 is 5.91 Å². The number of halogens is 1. The molecule has 23 heavy (non-hydrogen) atoms. The van der Waals surface area contributed by atoms with Crippen molar-refractivity contribution in [1.29, 1.82) is 0 Å². The third-order valence-electron chi connectivity index (χ3n) is 4.09. The highest BCUT2D eigenvalue weighted by molar-refractivity contribution is 5.94. The van der Waals surface area contributed by atoms with Gasteiger partial charge in [-0.2, -0.15) is 0 Å². The minimum absolute atomic E-state index is 0.233. The summed E-state index contributed by atoms with van der Waals surface area (Å²) in [6, 6.07) is 12.8. The molecule has 2 atom stereocenters. The summed E-state index contributed by atoms with van der Waals surface area (Å²) in [7, 11) is 1.58. The highest BCUT2D eigenvalue weighted by Crippen LogP contribution is 2.34. The van der Waals surface area contributed by atoms with Gasteiger partial charge in [-0.1, -0.05) is 18.2 Å². The van der Waals surface area contributed by atoms with Crippen LogP contribution in [0, 0.1) is 5.82 Å². The normalized spacial score (nSPS) is 20.6. The zero-order valence-electron chi connectivity index (χ0n) is 12.8. The van der Waals surface area contributed by atoms with Crippen LogP contribution in [0.2, 0.25) is 0 Å². The number of ether oxygens (including phenoxy) is 1. The van der Waals surface area contributed by atoms with Crippen molar-refractivity contribution in [3.05, 3.63) is 65.5 Å². The van der Waals surface area contributed by atoms with Crippen LogP contribution < -0.4 is 4.74 Å². The Balaban J connectivity index is 1.91. The number of carbonyl (C=O) groups is 1. The fourth-order valence-corrected chi connectivity index (χ4v) is 2.99. The third kappa shape index (κ3) is 3.19. The second kappa shape index (κ2) is 6.38. The zero-order chi connectivity index (χ0) is 16.4. The number of carbonyl (C=O) groups excluding carboxylic acids is 1. The summed E-state index contributed by atoms with van der Waals surface area (Å²) in [6.07, 6.45) is -0.141. The molecule has 1 heterocycles. The third-order valence-corrected chi connectivity index (χ3v) is 4.09. The van der Waals surface area contributed by atoms with E-state index in [-0.39, 0.29) is 24.1 Å². The highest BCUT2D eigenvalue weighted by atomic mass is 19.1. The van der Waals surface area contributed by atoms with E-state index in [2.05, 4.69) is 0 Å². The first-order valence-electron chi connectivity index (χ1n) is 7.47. The summed E-state index contributed by atoms with van der Waals surface area (Å²) in [6.45, 7) is 0.233. The molecule has 1 aliphatic rings. The van der Waals surface area contributed by atoms with Gasteiger partial charge in [-0.05, 0) is 42.3 Å². The van der Waals surface area contributed by atoms with Gasteiger partial charge in [-0.15, -0.1) is 0 Å². The van der Waals surface area contributed by atoms with Gasteiger partial charge in [-0.25, -0.2) is 4.39 Å². The topological polar surface area (TPSA) is 49.8 Å². The molecule has 1 fully saturated rings. The van der Waals surface area contributed by atoms with Gasteiger partial charge >= 0.3 is 0 Å². The van der Waals surface area contributed by atoms with Gasteiger partial charge in [-0.3, -0.25) is 4.79 Å². The van der Waals surface area contributed by atoms with Crippen LogP contribution in [0.5, 0.6) is 5.75 Å². The number of rotatable bonds is 3. The average Bonchev–Trinajstić information content (AvgIpc) is 2.96. The molecule has 0 spiro atoms. The smallest absolute Gasteiger partial charge is 0.254 e. The molecule has 1 saturated heterocycles. The number of methoxy groups -OCH3 is 1. The maximum Gasteiger partial charge on any atom is 0.254 e. The lowest BCUT2D eigenvalue weighted by molar-refractivity contribution is 0.0715. The van der Waals surface area contributed by atoms with Gasteiger partial charge in [0.05, 0.1) is 19.3 Å². The molecule has 0 aromatic heterocycles. The number of β-amino-alcohol motifs (C(OH)–C–C–N with tert-alkyl or cyclic N) is 1. The SMILES string of the molecule is COc1cccc([C@@H]2C[C@H](O)CN2C(=O)c2cccc(F)c2)c1. The second-order valence-electron chi connectivity index (χ2n) is 5.65. The maximum atomic E-state index is 13.4. The molecule has 0 bridgehead atoms. The van der Waals surface area contributed by atoms with Gasteiger partial charge in [0.2, 0.25) is 0 Å². The quantitative estimate of drug-likeness (QED) is 0.947. The average molecular weight is 315 g/mol. The van der Waals surface area contributed by atoms with Crippen molar-refractivity contribution in [2.24, 2.45) is 0 Å². The zero-order valence-corrected chi connectivity index (χ0v) is 12.8. The molecule has 4 nitrogen and oxygen atoms in total. The van der Waals surface area contributed by atoms with Gasteiger partial charge in [0, 0.05) is 12.1 Å². The van der Waals surface area contributed by atoms with Crippen LogP contribution in [-0.4, -0.2) is 35.7 Å². The van der Waals surface area contributed by atoms with Crippen LogP contribution in [0.3, 0.4) is 0 Å². The summed E-state index contributed by atoms with van der Waals surface area (Å²) < 4.78 is 18.6. The minimum Gasteiger partial charge on any atom is -0.497 e. The number of aliphatic hydroxyl groups is 1. The van der Waals surface area contributed by atoms with E-state index in [0.717, 1.165) is 5.56 Å². The van der Waals surface area contributed by atoms with Gasteiger partial charge in [0.1, 0.15) is 11.6 Å². The lowest BCUT2D eigenvalue weighted by Crippen LogP contribution is -2.31. The van der Waals surface area contributed by atoms with E-state index in [1.165, 1.54) is 18.2 Å². The molecule has 0 radical (unpaired) electrons. The van der Waals surface area contributed by atoms with E-state index in [9.17, 15) is 14.3 Å². The van der Waals surface area contributed by atoms with Crippen LogP contribution in [0.25, 0.3) is 0 Å².